The van der Waals surface area contributed by atoms with Gasteiger partial charge >= 0.3 is 0 Å². The standard InChI is InChI=1S/C21H23N3O2/c1-4-24(5-2)19-10-8-18(9-11-19)23-21(25)17(15-22)14-16-6-12-20(26-3)13-7-16/h6-14H,4-5H2,1-3H3,(H,23,25). The first-order valence-electron chi connectivity index (χ1n) is 8.53. The molecule has 2 aromatic rings. The SMILES string of the molecule is CCN(CC)c1ccc(NC(=O)C(C#N)=Cc2ccc(OC)cc2)cc1. The molecule has 2 aromatic carbocycles. The van der Waals surface area contributed by atoms with Crippen molar-refractivity contribution in [1.82, 2.24) is 0 Å². The number of benzene rings is 2. The summed E-state index contributed by atoms with van der Waals surface area (Å²) in [6.07, 6.45) is 1.55. The second kappa shape index (κ2) is 9.28. The number of nitrogens with zero attached hydrogens (tertiary/aromatic N) is 2. The molecule has 0 aliphatic rings. The Balaban J connectivity index is 2.11. The van der Waals surface area contributed by atoms with E-state index in [1.807, 2.05) is 30.3 Å². The molecule has 5 nitrogen and oxygen atoms in total. The average molecular weight is 349 g/mol. The van der Waals surface area contributed by atoms with E-state index in [1.54, 1.807) is 37.5 Å². The number of carbonyl (C=O) groups is 1. The third-order valence-electron chi connectivity index (χ3n) is 4.05. The summed E-state index contributed by atoms with van der Waals surface area (Å²) in [6.45, 7) is 6.04. The molecule has 0 atom stereocenters. The number of anilines is 2. The lowest BCUT2D eigenvalue weighted by Gasteiger charge is -2.21. The van der Waals surface area contributed by atoms with Crippen LogP contribution in [0.15, 0.2) is 54.1 Å². The van der Waals surface area contributed by atoms with Crippen LogP contribution in [0, 0.1) is 11.3 Å². The van der Waals surface area contributed by atoms with Gasteiger partial charge in [-0.15, -0.1) is 0 Å². The largest absolute Gasteiger partial charge is 0.497 e. The van der Waals surface area contributed by atoms with E-state index >= 15 is 0 Å². The molecule has 1 amide bonds. The lowest BCUT2D eigenvalue weighted by Crippen LogP contribution is -2.21. The van der Waals surface area contributed by atoms with Crippen molar-refractivity contribution in [2.24, 2.45) is 0 Å². The van der Waals surface area contributed by atoms with Crippen molar-refractivity contribution in [1.29, 1.82) is 5.26 Å². The normalized spacial score (nSPS) is 10.8. The first-order chi connectivity index (χ1) is 12.6. The molecule has 0 saturated heterocycles. The monoisotopic (exact) mass is 349 g/mol. The van der Waals surface area contributed by atoms with E-state index in [-0.39, 0.29) is 5.57 Å². The highest BCUT2D eigenvalue weighted by atomic mass is 16.5. The van der Waals surface area contributed by atoms with Crippen LogP contribution in [0.1, 0.15) is 19.4 Å². The van der Waals surface area contributed by atoms with Crippen LogP contribution >= 0.6 is 0 Å². The summed E-state index contributed by atoms with van der Waals surface area (Å²) >= 11 is 0. The molecule has 0 fully saturated rings. The number of carbonyl (C=O) groups excluding carboxylic acids is 1. The maximum atomic E-state index is 12.4. The van der Waals surface area contributed by atoms with E-state index in [9.17, 15) is 10.1 Å². The Morgan fingerprint density at radius 3 is 2.23 bits per heavy atom. The summed E-state index contributed by atoms with van der Waals surface area (Å²) in [6, 6.07) is 16.7. The van der Waals surface area contributed by atoms with Gasteiger partial charge in [-0.1, -0.05) is 12.1 Å². The highest BCUT2D eigenvalue weighted by Crippen LogP contribution is 2.19. The van der Waals surface area contributed by atoms with Gasteiger partial charge in [0.1, 0.15) is 17.4 Å². The molecule has 0 spiro atoms. The molecule has 0 saturated carbocycles. The smallest absolute Gasteiger partial charge is 0.266 e. The predicted molar refractivity (Wildman–Crippen MR) is 105 cm³/mol. The highest BCUT2D eigenvalue weighted by Gasteiger charge is 2.10. The Kier molecular flexibility index (Phi) is 6.81. The van der Waals surface area contributed by atoms with Crippen molar-refractivity contribution in [3.05, 3.63) is 59.7 Å². The Bertz CT molecular complexity index is 799. The van der Waals surface area contributed by atoms with E-state index < -0.39 is 5.91 Å². The molecule has 0 aliphatic carbocycles. The molecule has 5 heteroatoms. The number of nitriles is 1. The molecule has 0 unspecified atom stereocenters. The molecule has 0 radical (unpaired) electrons. The average Bonchev–Trinajstić information content (AvgIpc) is 2.68. The van der Waals surface area contributed by atoms with Crippen molar-refractivity contribution in [2.75, 3.05) is 30.4 Å². The molecule has 2 rings (SSSR count). The van der Waals surface area contributed by atoms with E-state index in [0.29, 0.717) is 5.69 Å². The number of hydrogen-bond donors (Lipinski definition) is 1. The molecule has 0 aromatic heterocycles. The first kappa shape index (κ1) is 19.1. The number of rotatable bonds is 7. The zero-order valence-electron chi connectivity index (χ0n) is 15.3. The van der Waals surface area contributed by atoms with Crippen LogP contribution in [0.4, 0.5) is 11.4 Å². The van der Waals surface area contributed by atoms with Crippen molar-refractivity contribution >= 4 is 23.4 Å². The van der Waals surface area contributed by atoms with Gasteiger partial charge in [-0.3, -0.25) is 4.79 Å². The quantitative estimate of drug-likeness (QED) is 0.604. The van der Waals surface area contributed by atoms with Crippen LogP contribution in [0.2, 0.25) is 0 Å². The minimum Gasteiger partial charge on any atom is -0.497 e. The summed E-state index contributed by atoms with van der Waals surface area (Å²) in [5.41, 5.74) is 2.56. The summed E-state index contributed by atoms with van der Waals surface area (Å²) in [5.74, 6) is 0.289. The molecular weight excluding hydrogens is 326 g/mol. The maximum absolute atomic E-state index is 12.4. The van der Waals surface area contributed by atoms with Crippen LogP contribution in [0.25, 0.3) is 6.08 Å². The summed E-state index contributed by atoms with van der Waals surface area (Å²) in [4.78, 5) is 14.6. The van der Waals surface area contributed by atoms with Crippen molar-refractivity contribution in [3.63, 3.8) is 0 Å². The van der Waals surface area contributed by atoms with Gasteiger partial charge in [-0.2, -0.15) is 5.26 Å². The van der Waals surface area contributed by atoms with Crippen LogP contribution in [-0.4, -0.2) is 26.1 Å². The van der Waals surface area contributed by atoms with Crippen LogP contribution in [-0.2, 0) is 4.79 Å². The Labute approximate surface area is 154 Å². The van der Waals surface area contributed by atoms with Crippen LogP contribution < -0.4 is 15.0 Å². The lowest BCUT2D eigenvalue weighted by atomic mass is 10.1. The highest BCUT2D eigenvalue weighted by molar-refractivity contribution is 6.09. The van der Waals surface area contributed by atoms with E-state index in [0.717, 1.165) is 30.1 Å². The maximum Gasteiger partial charge on any atom is 0.266 e. The van der Waals surface area contributed by atoms with Gasteiger partial charge < -0.3 is 15.0 Å². The van der Waals surface area contributed by atoms with Crippen molar-refractivity contribution in [3.8, 4) is 11.8 Å². The topological polar surface area (TPSA) is 65.4 Å². The number of methoxy groups -OCH3 is 1. The zero-order valence-corrected chi connectivity index (χ0v) is 15.3. The van der Waals surface area contributed by atoms with E-state index in [4.69, 9.17) is 4.74 Å². The van der Waals surface area contributed by atoms with Gasteiger partial charge in [0.25, 0.3) is 5.91 Å². The summed E-state index contributed by atoms with van der Waals surface area (Å²) in [7, 11) is 1.59. The lowest BCUT2D eigenvalue weighted by molar-refractivity contribution is -0.112. The second-order valence-corrected chi connectivity index (χ2v) is 5.62. The Hall–Kier alpha value is -3.26. The molecule has 0 aliphatic heterocycles. The van der Waals surface area contributed by atoms with Crippen molar-refractivity contribution in [2.45, 2.75) is 13.8 Å². The van der Waals surface area contributed by atoms with Crippen LogP contribution in [0.5, 0.6) is 5.75 Å². The second-order valence-electron chi connectivity index (χ2n) is 5.62. The van der Waals surface area contributed by atoms with Gasteiger partial charge in [0, 0.05) is 24.5 Å². The predicted octanol–water partition coefficient (Wildman–Crippen LogP) is 4.09. The minimum absolute atomic E-state index is 0.0444. The van der Waals surface area contributed by atoms with E-state index in [1.165, 1.54) is 0 Å². The fraction of sp³-hybridized carbons (Fsp3) is 0.238. The summed E-state index contributed by atoms with van der Waals surface area (Å²) < 4.78 is 5.10. The molecule has 0 bridgehead atoms. The van der Waals surface area contributed by atoms with Gasteiger partial charge in [0.05, 0.1) is 7.11 Å². The third kappa shape index (κ3) is 4.87. The Morgan fingerprint density at radius 2 is 1.73 bits per heavy atom. The van der Waals surface area contributed by atoms with Gasteiger partial charge in [-0.25, -0.2) is 0 Å². The van der Waals surface area contributed by atoms with E-state index in [2.05, 4.69) is 24.1 Å². The van der Waals surface area contributed by atoms with Gasteiger partial charge in [0.15, 0.2) is 0 Å². The van der Waals surface area contributed by atoms with Gasteiger partial charge in [-0.05, 0) is 61.9 Å². The molecule has 26 heavy (non-hydrogen) atoms. The minimum atomic E-state index is -0.432. The Morgan fingerprint density at radius 1 is 1.12 bits per heavy atom. The first-order valence-corrected chi connectivity index (χ1v) is 8.53. The van der Waals surface area contributed by atoms with Crippen LogP contribution in [0.3, 0.4) is 0 Å². The molecule has 0 heterocycles. The fourth-order valence-electron chi connectivity index (χ4n) is 2.56. The number of ether oxygens (including phenoxy) is 1. The molecule has 1 N–H and O–H groups in total. The van der Waals surface area contributed by atoms with Crippen molar-refractivity contribution < 1.29 is 9.53 Å². The summed E-state index contributed by atoms with van der Waals surface area (Å²) in [5, 5.41) is 12.1. The number of hydrogen-bond acceptors (Lipinski definition) is 4. The molecule has 134 valence electrons. The zero-order chi connectivity index (χ0) is 18.9. The third-order valence-corrected chi connectivity index (χ3v) is 4.05. The molecular formula is C21H23N3O2. The number of amides is 1. The van der Waals surface area contributed by atoms with Gasteiger partial charge in [0.2, 0.25) is 0 Å². The number of nitrogens with one attached hydrogen (secondary N) is 1. The fourth-order valence-corrected chi connectivity index (χ4v) is 2.56.